The van der Waals surface area contributed by atoms with Crippen LogP contribution in [-0.4, -0.2) is 19.3 Å². The molecule has 1 aliphatic heterocycles. The van der Waals surface area contributed by atoms with Gasteiger partial charge in [0.05, 0.1) is 13.2 Å². The third-order valence-corrected chi connectivity index (χ3v) is 2.46. The quantitative estimate of drug-likeness (QED) is 0.823. The van der Waals surface area contributed by atoms with E-state index in [0.29, 0.717) is 24.5 Å². The van der Waals surface area contributed by atoms with Gasteiger partial charge in [-0.2, -0.15) is 0 Å². The van der Waals surface area contributed by atoms with Crippen LogP contribution in [0.1, 0.15) is 12.0 Å². The highest BCUT2D eigenvalue weighted by Crippen LogP contribution is 2.23. The second kappa shape index (κ2) is 4.59. The number of benzene rings is 1. The standard InChI is InChI=1S/C11H14FNO2/c12-10-2-1-3-11(9(10)6-13)15-8-4-5-14-7-8/h1-3,8H,4-7,13H2. The van der Waals surface area contributed by atoms with Crippen LogP contribution < -0.4 is 10.5 Å². The summed E-state index contributed by atoms with van der Waals surface area (Å²) in [5.74, 6) is 0.224. The van der Waals surface area contributed by atoms with Gasteiger partial charge in [0.2, 0.25) is 0 Å². The molecule has 0 bridgehead atoms. The topological polar surface area (TPSA) is 44.5 Å². The molecule has 15 heavy (non-hydrogen) atoms. The van der Waals surface area contributed by atoms with E-state index in [-0.39, 0.29) is 18.5 Å². The van der Waals surface area contributed by atoms with E-state index in [4.69, 9.17) is 15.2 Å². The van der Waals surface area contributed by atoms with Crippen molar-refractivity contribution >= 4 is 0 Å². The zero-order valence-corrected chi connectivity index (χ0v) is 8.41. The van der Waals surface area contributed by atoms with Crippen LogP contribution in [0.3, 0.4) is 0 Å². The van der Waals surface area contributed by atoms with E-state index in [1.54, 1.807) is 12.1 Å². The first kappa shape index (κ1) is 10.4. The van der Waals surface area contributed by atoms with Crippen LogP contribution in [0.5, 0.6) is 5.75 Å². The fourth-order valence-corrected chi connectivity index (χ4v) is 1.63. The highest BCUT2D eigenvalue weighted by Gasteiger charge is 2.19. The minimum Gasteiger partial charge on any atom is -0.487 e. The minimum absolute atomic E-state index is 0.0251. The van der Waals surface area contributed by atoms with E-state index >= 15 is 0 Å². The summed E-state index contributed by atoms with van der Waals surface area (Å²) in [5, 5.41) is 0. The third kappa shape index (κ3) is 2.27. The number of halogens is 1. The van der Waals surface area contributed by atoms with Crippen molar-refractivity contribution in [2.24, 2.45) is 5.73 Å². The van der Waals surface area contributed by atoms with Crippen molar-refractivity contribution in [3.8, 4) is 5.75 Å². The summed E-state index contributed by atoms with van der Waals surface area (Å²) in [5.41, 5.74) is 5.91. The Kier molecular flexibility index (Phi) is 3.18. The number of rotatable bonds is 3. The van der Waals surface area contributed by atoms with Crippen LogP contribution in [0.15, 0.2) is 18.2 Å². The summed E-state index contributed by atoms with van der Waals surface area (Å²) < 4.78 is 24.1. The van der Waals surface area contributed by atoms with Gasteiger partial charge in [0.25, 0.3) is 0 Å². The second-order valence-electron chi connectivity index (χ2n) is 3.52. The molecule has 3 nitrogen and oxygen atoms in total. The Morgan fingerprint density at radius 1 is 1.53 bits per heavy atom. The summed E-state index contributed by atoms with van der Waals surface area (Å²) in [6.45, 7) is 1.42. The first-order valence-electron chi connectivity index (χ1n) is 5.03. The zero-order valence-electron chi connectivity index (χ0n) is 8.41. The van der Waals surface area contributed by atoms with E-state index in [1.807, 2.05) is 0 Å². The minimum atomic E-state index is -0.311. The van der Waals surface area contributed by atoms with Crippen molar-refractivity contribution in [2.75, 3.05) is 13.2 Å². The van der Waals surface area contributed by atoms with Gasteiger partial charge in [0.1, 0.15) is 17.7 Å². The van der Waals surface area contributed by atoms with Gasteiger partial charge in [0.15, 0.2) is 0 Å². The molecule has 0 amide bonds. The van der Waals surface area contributed by atoms with E-state index in [0.717, 1.165) is 6.42 Å². The van der Waals surface area contributed by atoms with Crippen molar-refractivity contribution in [3.05, 3.63) is 29.6 Å². The van der Waals surface area contributed by atoms with Gasteiger partial charge in [-0.1, -0.05) is 6.07 Å². The number of ether oxygens (including phenoxy) is 2. The molecule has 1 unspecified atom stereocenters. The van der Waals surface area contributed by atoms with Crippen LogP contribution in [-0.2, 0) is 11.3 Å². The third-order valence-electron chi connectivity index (χ3n) is 2.46. The van der Waals surface area contributed by atoms with E-state index < -0.39 is 0 Å². The van der Waals surface area contributed by atoms with Gasteiger partial charge in [-0.15, -0.1) is 0 Å². The highest BCUT2D eigenvalue weighted by atomic mass is 19.1. The summed E-state index contributed by atoms with van der Waals surface area (Å²) >= 11 is 0. The molecule has 82 valence electrons. The summed E-state index contributed by atoms with van der Waals surface area (Å²) in [6, 6.07) is 4.75. The fourth-order valence-electron chi connectivity index (χ4n) is 1.63. The number of hydrogen-bond donors (Lipinski definition) is 1. The molecule has 1 aromatic rings. The number of hydrogen-bond acceptors (Lipinski definition) is 3. The lowest BCUT2D eigenvalue weighted by Crippen LogP contribution is -2.17. The molecule has 2 N–H and O–H groups in total. The predicted molar refractivity (Wildman–Crippen MR) is 54.1 cm³/mol. The van der Waals surface area contributed by atoms with Gasteiger partial charge >= 0.3 is 0 Å². The molecule has 0 aliphatic carbocycles. The van der Waals surface area contributed by atoms with Crippen LogP contribution in [0.2, 0.25) is 0 Å². The van der Waals surface area contributed by atoms with Crippen LogP contribution in [0.25, 0.3) is 0 Å². The number of nitrogens with two attached hydrogens (primary N) is 1. The van der Waals surface area contributed by atoms with Gasteiger partial charge < -0.3 is 15.2 Å². The van der Waals surface area contributed by atoms with Gasteiger partial charge in [-0.25, -0.2) is 4.39 Å². The van der Waals surface area contributed by atoms with E-state index in [2.05, 4.69) is 0 Å². The molecular formula is C11H14FNO2. The van der Waals surface area contributed by atoms with Crippen molar-refractivity contribution in [1.29, 1.82) is 0 Å². The first-order valence-corrected chi connectivity index (χ1v) is 5.03. The summed E-state index contributed by atoms with van der Waals surface area (Å²) in [7, 11) is 0. The smallest absolute Gasteiger partial charge is 0.131 e. The molecule has 2 rings (SSSR count). The van der Waals surface area contributed by atoms with Crippen molar-refractivity contribution < 1.29 is 13.9 Å². The van der Waals surface area contributed by atoms with E-state index in [9.17, 15) is 4.39 Å². The lowest BCUT2D eigenvalue weighted by Gasteiger charge is -2.15. The molecule has 1 atom stereocenters. The van der Waals surface area contributed by atoms with Crippen molar-refractivity contribution in [2.45, 2.75) is 19.1 Å². The Labute approximate surface area is 88.0 Å². The molecule has 4 heteroatoms. The van der Waals surface area contributed by atoms with Gasteiger partial charge in [-0.05, 0) is 12.1 Å². The predicted octanol–water partition coefficient (Wildman–Crippen LogP) is 1.45. The summed E-state index contributed by atoms with van der Waals surface area (Å²) in [4.78, 5) is 0. The van der Waals surface area contributed by atoms with Crippen LogP contribution in [0.4, 0.5) is 4.39 Å². The molecular weight excluding hydrogens is 197 g/mol. The molecule has 1 aliphatic rings. The maximum Gasteiger partial charge on any atom is 0.131 e. The Morgan fingerprint density at radius 2 is 2.40 bits per heavy atom. The highest BCUT2D eigenvalue weighted by molar-refractivity contribution is 5.34. The van der Waals surface area contributed by atoms with Crippen molar-refractivity contribution in [1.82, 2.24) is 0 Å². The Morgan fingerprint density at radius 3 is 3.07 bits per heavy atom. The molecule has 0 aromatic heterocycles. The molecule has 0 radical (unpaired) electrons. The van der Waals surface area contributed by atoms with Crippen molar-refractivity contribution in [3.63, 3.8) is 0 Å². The monoisotopic (exact) mass is 211 g/mol. The molecule has 1 aromatic carbocycles. The maximum absolute atomic E-state index is 13.3. The molecule has 1 heterocycles. The lowest BCUT2D eigenvalue weighted by molar-refractivity contribution is 0.140. The Balaban J connectivity index is 2.15. The second-order valence-corrected chi connectivity index (χ2v) is 3.52. The molecule has 0 saturated carbocycles. The van der Waals surface area contributed by atoms with Crippen LogP contribution in [0, 0.1) is 5.82 Å². The lowest BCUT2D eigenvalue weighted by atomic mass is 10.2. The average molecular weight is 211 g/mol. The summed E-state index contributed by atoms with van der Waals surface area (Å²) in [6.07, 6.45) is 0.873. The van der Waals surface area contributed by atoms with Gasteiger partial charge in [-0.3, -0.25) is 0 Å². The first-order chi connectivity index (χ1) is 7.31. The normalized spacial score (nSPS) is 20.5. The average Bonchev–Trinajstić information content (AvgIpc) is 2.71. The van der Waals surface area contributed by atoms with Crippen LogP contribution >= 0.6 is 0 Å². The Bertz CT molecular complexity index is 337. The maximum atomic E-state index is 13.3. The molecule has 0 spiro atoms. The van der Waals surface area contributed by atoms with Gasteiger partial charge in [0, 0.05) is 18.5 Å². The van der Waals surface area contributed by atoms with E-state index in [1.165, 1.54) is 6.07 Å². The molecule has 1 fully saturated rings. The SMILES string of the molecule is NCc1c(F)cccc1OC1CCOC1. The zero-order chi connectivity index (χ0) is 10.7. The fraction of sp³-hybridized carbons (Fsp3) is 0.455. The molecule has 1 saturated heterocycles. The Hall–Kier alpha value is -1.13. The largest absolute Gasteiger partial charge is 0.487 e.